The van der Waals surface area contributed by atoms with Gasteiger partial charge < -0.3 is 14.4 Å². The van der Waals surface area contributed by atoms with Crippen molar-refractivity contribution in [1.29, 1.82) is 0 Å². The number of hydrogen-bond donors (Lipinski definition) is 1. The van der Waals surface area contributed by atoms with Crippen molar-refractivity contribution in [3.8, 4) is 5.75 Å². The third-order valence-corrected chi connectivity index (χ3v) is 3.36. The van der Waals surface area contributed by atoms with Gasteiger partial charge in [-0.05, 0) is 37.1 Å². The van der Waals surface area contributed by atoms with E-state index in [1.54, 1.807) is 6.92 Å². The van der Waals surface area contributed by atoms with Gasteiger partial charge in [0.2, 0.25) is 0 Å². The van der Waals surface area contributed by atoms with Crippen LogP contribution in [0.25, 0.3) is 0 Å². The summed E-state index contributed by atoms with van der Waals surface area (Å²) < 4.78 is 5.04. The van der Waals surface area contributed by atoms with E-state index < -0.39 is 5.63 Å². The number of nitrogens with zero attached hydrogens (tertiary/aromatic N) is 1. The minimum atomic E-state index is -0.474. The molecule has 20 heavy (non-hydrogen) atoms. The Hall–Kier alpha value is -2.23. The Morgan fingerprint density at radius 1 is 1.20 bits per heavy atom. The number of benzene rings is 1. The van der Waals surface area contributed by atoms with Crippen LogP contribution in [-0.4, -0.2) is 19.2 Å². The molecular weight excluding hydrogens is 254 g/mol. The second-order valence-corrected chi connectivity index (χ2v) is 5.19. The maximum Gasteiger partial charge on any atom is 0.343 e. The van der Waals surface area contributed by atoms with Gasteiger partial charge in [0, 0.05) is 32.3 Å². The highest BCUT2D eigenvalue weighted by Gasteiger charge is 2.12. The summed E-state index contributed by atoms with van der Waals surface area (Å²) in [5.41, 5.74) is 3.01. The topological polar surface area (TPSA) is 53.7 Å². The van der Waals surface area contributed by atoms with E-state index in [-0.39, 0.29) is 5.75 Å². The van der Waals surface area contributed by atoms with E-state index in [0.29, 0.717) is 17.7 Å². The molecule has 0 amide bonds. The van der Waals surface area contributed by atoms with E-state index in [9.17, 15) is 9.90 Å². The van der Waals surface area contributed by atoms with Gasteiger partial charge in [-0.15, -0.1) is 0 Å². The predicted molar refractivity (Wildman–Crippen MR) is 79.7 cm³/mol. The fourth-order valence-electron chi connectivity index (χ4n) is 2.13. The van der Waals surface area contributed by atoms with Crippen molar-refractivity contribution >= 4 is 5.69 Å². The smallest absolute Gasteiger partial charge is 0.343 e. The van der Waals surface area contributed by atoms with Crippen LogP contribution < -0.4 is 10.5 Å². The fraction of sp³-hybridized carbons (Fsp3) is 0.312. The molecule has 0 radical (unpaired) electrons. The van der Waals surface area contributed by atoms with Crippen LogP contribution in [0.4, 0.5) is 5.69 Å². The first kappa shape index (κ1) is 14.2. The average Bonchev–Trinajstić information content (AvgIpc) is 2.34. The minimum Gasteiger partial charge on any atom is -0.507 e. The molecule has 0 fully saturated rings. The standard InChI is InChI=1S/C16H19NO3/c1-10-7-13(17(3)4)6-5-12(10)9-14-15(18)8-11(2)20-16(14)19/h5-8,18H,9H2,1-4H3. The summed E-state index contributed by atoms with van der Waals surface area (Å²) in [6, 6.07) is 7.50. The monoisotopic (exact) mass is 273 g/mol. The Kier molecular flexibility index (Phi) is 3.84. The van der Waals surface area contributed by atoms with Crippen molar-refractivity contribution in [2.45, 2.75) is 20.3 Å². The summed E-state index contributed by atoms with van der Waals surface area (Å²) in [7, 11) is 3.96. The van der Waals surface area contributed by atoms with Crippen LogP contribution in [0.1, 0.15) is 22.5 Å². The molecule has 4 nitrogen and oxygen atoms in total. The fourth-order valence-corrected chi connectivity index (χ4v) is 2.13. The lowest BCUT2D eigenvalue weighted by atomic mass is 10.0. The van der Waals surface area contributed by atoms with Gasteiger partial charge in [-0.2, -0.15) is 0 Å². The molecule has 4 heteroatoms. The highest BCUT2D eigenvalue weighted by molar-refractivity contribution is 5.50. The molecule has 0 aliphatic rings. The van der Waals surface area contributed by atoms with Crippen molar-refractivity contribution in [1.82, 2.24) is 0 Å². The first-order valence-electron chi connectivity index (χ1n) is 6.48. The van der Waals surface area contributed by atoms with Crippen LogP contribution in [0.5, 0.6) is 5.75 Å². The van der Waals surface area contributed by atoms with Crippen molar-refractivity contribution in [2.24, 2.45) is 0 Å². The van der Waals surface area contributed by atoms with E-state index in [1.807, 2.05) is 38.1 Å². The maximum atomic E-state index is 11.8. The highest BCUT2D eigenvalue weighted by Crippen LogP contribution is 2.23. The zero-order valence-corrected chi connectivity index (χ0v) is 12.2. The molecule has 106 valence electrons. The highest BCUT2D eigenvalue weighted by atomic mass is 16.4. The molecule has 2 rings (SSSR count). The van der Waals surface area contributed by atoms with Crippen LogP contribution in [0.3, 0.4) is 0 Å². The molecular formula is C16H19NO3. The van der Waals surface area contributed by atoms with Gasteiger partial charge in [0.25, 0.3) is 0 Å². The van der Waals surface area contributed by atoms with E-state index in [4.69, 9.17) is 4.42 Å². The van der Waals surface area contributed by atoms with Crippen LogP contribution in [0, 0.1) is 13.8 Å². The lowest BCUT2D eigenvalue weighted by Crippen LogP contribution is -2.11. The van der Waals surface area contributed by atoms with Crippen molar-refractivity contribution in [3.05, 3.63) is 57.1 Å². The number of rotatable bonds is 3. The molecule has 0 unspecified atom stereocenters. The molecule has 1 heterocycles. The number of anilines is 1. The zero-order chi connectivity index (χ0) is 14.9. The Morgan fingerprint density at radius 2 is 1.90 bits per heavy atom. The van der Waals surface area contributed by atoms with Gasteiger partial charge in [-0.3, -0.25) is 0 Å². The van der Waals surface area contributed by atoms with Gasteiger partial charge >= 0.3 is 5.63 Å². The van der Waals surface area contributed by atoms with Gasteiger partial charge in [-0.1, -0.05) is 6.07 Å². The van der Waals surface area contributed by atoms with Crippen molar-refractivity contribution < 1.29 is 9.52 Å². The first-order valence-corrected chi connectivity index (χ1v) is 6.48. The van der Waals surface area contributed by atoms with Gasteiger partial charge in [0.1, 0.15) is 11.5 Å². The molecule has 0 saturated heterocycles. The summed E-state index contributed by atoms with van der Waals surface area (Å²) in [6.07, 6.45) is 0.369. The summed E-state index contributed by atoms with van der Waals surface area (Å²) in [6.45, 7) is 3.64. The normalized spacial score (nSPS) is 10.6. The average molecular weight is 273 g/mol. The minimum absolute atomic E-state index is 0.00478. The SMILES string of the molecule is Cc1cc(O)c(Cc2ccc(N(C)C)cc2C)c(=O)o1. The first-order chi connectivity index (χ1) is 9.38. The van der Waals surface area contributed by atoms with Crippen LogP contribution in [0.15, 0.2) is 33.5 Å². The molecule has 1 aromatic carbocycles. The molecule has 2 aromatic rings. The molecule has 0 aliphatic heterocycles. The molecule has 0 bridgehead atoms. The Labute approximate surface area is 118 Å². The lowest BCUT2D eigenvalue weighted by Gasteiger charge is -2.15. The third-order valence-electron chi connectivity index (χ3n) is 3.36. The third kappa shape index (κ3) is 2.85. The molecule has 1 aromatic heterocycles. The summed E-state index contributed by atoms with van der Waals surface area (Å²) in [5, 5.41) is 9.90. The molecule has 0 aliphatic carbocycles. The lowest BCUT2D eigenvalue weighted by molar-refractivity contribution is 0.424. The summed E-state index contributed by atoms with van der Waals surface area (Å²) >= 11 is 0. The van der Waals surface area contributed by atoms with E-state index in [1.165, 1.54) is 6.07 Å². The number of aryl methyl sites for hydroxylation is 2. The van der Waals surface area contributed by atoms with Crippen LogP contribution in [-0.2, 0) is 6.42 Å². The summed E-state index contributed by atoms with van der Waals surface area (Å²) in [5.74, 6) is 0.408. The molecule has 0 atom stereocenters. The largest absolute Gasteiger partial charge is 0.507 e. The maximum absolute atomic E-state index is 11.8. The van der Waals surface area contributed by atoms with Gasteiger partial charge in [-0.25, -0.2) is 4.79 Å². The predicted octanol–water partition coefficient (Wildman–Crippen LogP) is 2.62. The number of hydrogen-bond acceptors (Lipinski definition) is 4. The molecule has 0 saturated carbocycles. The second kappa shape index (κ2) is 5.41. The van der Waals surface area contributed by atoms with Crippen LogP contribution >= 0.6 is 0 Å². The van der Waals surface area contributed by atoms with Gasteiger partial charge in [0.15, 0.2) is 0 Å². The van der Waals surface area contributed by atoms with Crippen LogP contribution in [0.2, 0.25) is 0 Å². The molecule has 1 N–H and O–H groups in total. The second-order valence-electron chi connectivity index (χ2n) is 5.19. The van der Waals surface area contributed by atoms with E-state index in [2.05, 4.69) is 6.07 Å². The van der Waals surface area contributed by atoms with Crippen molar-refractivity contribution in [2.75, 3.05) is 19.0 Å². The van der Waals surface area contributed by atoms with E-state index >= 15 is 0 Å². The number of aromatic hydroxyl groups is 1. The molecule has 0 spiro atoms. The Morgan fingerprint density at radius 3 is 2.45 bits per heavy atom. The zero-order valence-electron chi connectivity index (χ0n) is 12.2. The van der Waals surface area contributed by atoms with Crippen molar-refractivity contribution in [3.63, 3.8) is 0 Å². The Balaban J connectivity index is 2.38. The quantitative estimate of drug-likeness (QED) is 0.934. The van der Waals surface area contributed by atoms with E-state index in [0.717, 1.165) is 16.8 Å². The Bertz CT molecular complexity index is 687. The summed E-state index contributed by atoms with van der Waals surface area (Å²) in [4.78, 5) is 13.8. The van der Waals surface area contributed by atoms with Gasteiger partial charge in [0.05, 0.1) is 5.56 Å².